The number of hydrogen-bond acceptors (Lipinski definition) is 5. The van der Waals surface area contributed by atoms with Gasteiger partial charge in [0.2, 0.25) is 0 Å². The number of hydrogen-bond donors (Lipinski definition) is 1. The van der Waals surface area contributed by atoms with Crippen molar-refractivity contribution < 1.29 is 9.32 Å². The van der Waals surface area contributed by atoms with Crippen LogP contribution >= 0.6 is 0 Å². The molecule has 4 rings (SSSR count). The van der Waals surface area contributed by atoms with Crippen molar-refractivity contribution in [1.29, 1.82) is 0 Å². The number of nitrogens with zero attached hydrogens (tertiary/aromatic N) is 4. The second-order valence-electron chi connectivity index (χ2n) is 6.60. The molecule has 0 fully saturated rings. The summed E-state index contributed by atoms with van der Waals surface area (Å²) in [6.07, 6.45) is 5.12. The molecule has 136 valence electrons. The summed E-state index contributed by atoms with van der Waals surface area (Å²) in [5, 5.41) is 12.0. The van der Waals surface area contributed by atoms with Crippen molar-refractivity contribution in [3.8, 4) is 5.69 Å². The molecule has 0 unspecified atom stereocenters. The molecule has 0 saturated carbocycles. The normalized spacial score (nSPS) is 11.2. The zero-order chi connectivity index (χ0) is 18.8. The SMILES string of the molecule is CC(C)c1noc2ncc(C(=O)NCc3cccc(-n4cccn4)c3)cc12. The van der Waals surface area contributed by atoms with Gasteiger partial charge in [0.05, 0.1) is 22.3 Å². The van der Waals surface area contributed by atoms with Crippen molar-refractivity contribution in [2.24, 2.45) is 0 Å². The fourth-order valence-corrected chi connectivity index (χ4v) is 2.91. The molecule has 1 amide bonds. The number of carbonyl (C=O) groups is 1. The van der Waals surface area contributed by atoms with E-state index in [0.717, 1.165) is 22.3 Å². The summed E-state index contributed by atoms with van der Waals surface area (Å²) in [4.78, 5) is 16.8. The van der Waals surface area contributed by atoms with Crippen molar-refractivity contribution in [3.63, 3.8) is 0 Å². The smallest absolute Gasteiger partial charge is 0.257 e. The van der Waals surface area contributed by atoms with Gasteiger partial charge in [0.15, 0.2) is 0 Å². The van der Waals surface area contributed by atoms with Crippen LogP contribution in [0.3, 0.4) is 0 Å². The number of rotatable bonds is 5. The number of nitrogens with one attached hydrogen (secondary N) is 1. The maximum Gasteiger partial charge on any atom is 0.257 e. The third-order valence-corrected chi connectivity index (χ3v) is 4.30. The van der Waals surface area contributed by atoms with Gasteiger partial charge in [-0.25, -0.2) is 9.67 Å². The zero-order valence-corrected chi connectivity index (χ0v) is 15.1. The molecule has 0 aliphatic carbocycles. The summed E-state index contributed by atoms with van der Waals surface area (Å²) in [5.41, 5.74) is 3.66. The summed E-state index contributed by atoms with van der Waals surface area (Å²) in [7, 11) is 0. The monoisotopic (exact) mass is 361 g/mol. The van der Waals surface area contributed by atoms with Gasteiger partial charge in [0.25, 0.3) is 11.6 Å². The number of amides is 1. The third-order valence-electron chi connectivity index (χ3n) is 4.30. The minimum atomic E-state index is -0.190. The molecule has 0 aliphatic heterocycles. The highest BCUT2D eigenvalue weighted by Crippen LogP contribution is 2.24. The van der Waals surface area contributed by atoms with Crippen molar-refractivity contribution >= 4 is 17.0 Å². The Morgan fingerprint density at radius 3 is 2.93 bits per heavy atom. The van der Waals surface area contributed by atoms with E-state index in [0.29, 0.717) is 17.8 Å². The van der Waals surface area contributed by atoms with Crippen LogP contribution in [0.1, 0.15) is 41.4 Å². The molecule has 7 nitrogen and oxygen atoms in total. The maximum atomic E-state index is 12.6. The largest absolute Gasteiger partial charge is 0.348 e. The van der Waals surface area contributed by atoms with E-state index in [2.05, 4.69) is 20.6 Å². The number of pyridine rings is 1. The fraction of sp³-hybridized carbons (Fsp3) is 0.200. The molecular weight excluding hydrogens is 342 g/mol. The second kappa shape index (κ2) is 7.03. The van der Waals surface area contributed by atoms with E-state index in [1.54, 1.807) is 16.9 Å². The predicted molar refractivity (Wildman–Crippen MR) is 101 cm³/mol. The molecular formula is C20H19N5O2. The average Bonchev–Trinajstić information content (AvgIpc) is 3.35. The lowest BCUT2D eigenvalue weighted by Gasteiger charge is -2.08. The first-order valence-electron chi connectivity index (χ1n) is 8.74. The van der Waals surface area contributed by atoms with E-state index in [4.69, 9.17) is 4.52 Å². The van der Waals surface area contributed by atoms with Gasteiger partial charge in [0.1, 0.15) is 0 Å². The van der Waals surface area contributed by atoms with Crippen molar-refractivity contribution in [1.82, 2.24) is 25.2 Å². The van der Waals surface area contributed by atoms with E-state index in [9.17, 15) is 4.79 Å². The third kappa shape index (κ3) is 3.44. The van der Waals surface area contributed by atoms with Gasteiger partial charge in [-0.2, -0.15) is 5.10 Å². The van der Waals surface area contributed by atoms with Crippen LogP contribution in [0.2, 0.25) is 0 Å². The molecule has 27 heavy (non-hydrogen) atoms. The molecule has 1 aromatic carbocycles. The Labute approximate surface area is 156 Å². The number of benzene rings is 1. The first kappa shape index (κ1) is 17.0. The van der Waals surface area contributed by atoms with Crippen LogP contribution in [-0.2, 0) is 6.54 Å². The van der Waals surface area contributed by atoms with Gasteiger partial charge in [-0.1, -0.05) is 31.1 Å². The lowest BCUT2D eigenvalue weighted by atomic mass is 10.1. The Hall–Kier alpha value is -3.48. The van der Waals surface area contributed by atoms with Crippen molar-refractivity contribution in [2.45, 2.75) is 26.3 Å². The number of carbonyl (C=O) groups excluding carboxylic acids is 1. The van der Waals surface area contributed by atoms with Crippen LogP contribution < -0.4 is 5.32 Å². The highest BCUT2D eigenvalue weighted by molar-refractivity contribution is 5.97. The summed E-state index contributed by atoms with van der Waals surface area (Å²) in [5.74, 6) is 0.00111. The molecule has 7 heteroatoms. The molecule has 0 atom stereocenters. The summed E-state index contributed by atoms with van der Waals surface area (Å²) in [6.45, 7) is 4.46. The van der Waals surface area contributed by atoms with E-state index in [1.165, 1.54) is 6.20 Å². The summed E-state index contributed by atoms with van der Waals surface area (Å²) < 4.78 is 7.00. The Kier molecular flexibility index (Phi) is 4.42. The fourth-order valence-electron chi connectivity index (χ4n) is 2.91. The molecule has 0 bridgehead atoms. The molecule has 4 aromatic rings. The maximum absolute atomic E-state index is 12.6. The molecule has 3 aromatic heterocycles. The van der Waals surface area contributed by atoms with Crippen LogP contribution in [0, 0.1) is 0 Å². The van der Waals surface area contributed by atoms with Crippen molar-refractivity contribution in [2.75, 3.05) is 0 Å². The number of fused-ring (bicyclic) bond motifs is 1. The van der Waals surface area contributed by atoms with Crippen LogP contribution in [0.4, 0.5) is 0 Å². The Bertz CT molecular complexity index is 1080. The zero-order valence-electron chi connectivity index (χ0n) is 15.1. The van der Waals surface area contributed by atoms with E-state index in [-0.39, 0.29) is 11.8 Å². The minimum Gasteiger partial charge on any atom is -0.348 e. The number of aromatic nitrogens is 4. The molecule has 3 heterocycles. The van der Waals surface area contributed by atoms with Gasteiger partial charge in [-0.05, 0) is 35.7 Å². The van der Waals surface area contributed by atoms with E-state index in [1.807, 2.05) is 50.4 Å². The first-order chi connectivity index (χ1) is 13.1. The van der Waals surface area contributed by atoms with Gasteiger partial charge < -0.3 is 9.84 Å². The molecule has 0 aliphatic rings. The molecule has 1 N–H and O–H groups in total. The second-order valence-corrected chi connectivity index (χ2v) is 6.60. The lowest BCUT2D eigenvalue weighted by Crippen LogP contribution is -2.23. The molecule has 0 saturated heterocycles. The van der Waals surface area contributed by atoms with Crippen LogP contribution in [-0.4, -0.2) is 25.8 Å². The molecule has 0 spiro atoms. The van der Waals surface area contributed by atoms with Crippen molar-refractivity contribution in [3.05, 3.63) is 71.8 Å². The molecule has 0 radical (unpaired) electrons. The van der Waals surface area contributed by atoms with E-state index < -0.39 is 0 Å². The van der Waals surface area contributed by atoms with E-state index >= 15 is 0 Å². The Morgan fingerprint density at radius 1 is 1.26 bits per heavy atom. The summed E-state index contributed by atoms with van der Waals surface area (Å²) >= 11 is 0. The lowest BCUT2D eigenvalue weighted by molar-refractivity contribution is 0.0950. The minimum absolute atomic E-state index is 0.190. The first-order valence-corrected chi connectivity index (χ1v) is 8.74. The average molecular weight is 361 g/mol. The standard InChI is InChI=1S/C20H19N5O2/c1-13(2)18-17-10-15(12-22-20(17)27-24-18)19(26)21-11-14-5-3-6-16(9-14)25-8-4-7-23-25/h3-10,12-13H,11H2,1-2H3,(H,21,26). The topological polar surface area (TPSA) is 85.8 Å². The quantitative estimate of drug-likeness (QED) is 0.588. The van der Waals surface area contributed by atoms with Gasteiger partial charge >= 0.3 is 0 Å². The van der Waals surface area contributed by atoms with Gasteiger partial charge in [-0.15, -0.1) is 0 Å². The predicted octanol–water partition coefficient (Wildman–Crippen LogP) is 3.46. The van der Waals surface area contributed by atoms with Crippen LogP contribution in [0.15, 0.2) is 59.5 Å². The highest BCUT2D eigenvalue weighted by atomic mass is 16.5. The van der Waals surface area contributed by atoms with Crippen LogP contribution in [0.5, 0.6) is 0 Å². The Morgan fingerprint density at radius 2 is 2.15 bits per heavy atom. The summed E-state index contributed by atoms with van der Waals surface area (Å²) in [6, 6.07) is 11.5. The van der Waals surface area contributed by atoms with Gasteiger partial charge in [-0.3, -0.25) is 4.79 Å². The van der Waals surface area contributed by atoms with Gasteiger partial charge in [0, 0.05) is 25.1 Å². The van der Waals surface area contributed by atoms with Crippen LogP contribution in [0.25, 0.3) is 16.8 Å². The Balaban J connectivity index is 1.50. The highest BCUT2D eigenvalue weighted by Gasteiger charge is 2.15.